The molecular formula is C24H22FNO5. The number of halogens is 1. The maximum absolute atomic E-state index is 14.9. The van der Waals surface area contributed by atoms with Gasteiger partial charge in [-0.05, 0) is 49.6 Å². The zero-order valence-corrected chi connectivity index (χ0v) is 17.2. The van der Waals surface area contributed by atoms with E-state index in [9.17, 15) is 19.1 Å². The second-order valence-electron chi connectivity index (χ2n) is 7.77. The first-order chi connectivity index (χ1) is 14.9. The lowest BCUT2D eigenvalue weighted by atomic mass is 9.56. The van der Waals surface area contributed by atoms with E-state index in [-0.39, 0.29) is 17.9 Å². The number of nitrogens with zero attached hydrogens (tertiary/aromatic N) is 1. The molecule has 2 atom stereocenters. The number of para-hydroxylation sites is 1. The van der Waals surface area contributed by atoms with Crippen LogP contribution in [0.3, 0.4) is 0 Å². The SMILES string of the molecule is COC(=O)[C@@]1(c2ccc(OCc3cc(C)nc4ccccc34)c(F)c2)CC[C@@H]1C(=O)O. The Hall–Kier alpha value is -3.48. The molecule has 0 radical (unpaired) electrons. The number of methoxy groups -OCH3 is 1. The van der Waals surface area contributed by atoms with Crippen LogP contribution in [0.15, 0.2) is 48.5 Å². The molecule has 1 aliphatic rings. The summed E-state index contributed by atoms with van der Waals surface area (Å²) in [4.78, 5) is 28.5. The number of carbonyl (C=O) groups excluding carboxylic acids is 1. The van der Waals surface area contributed by atoms with Gasteiger partial charge >= 0.3 is 11.9 Å². The number of carboxylic acids is 1. The molecule has 6 nitrogen and oxygen atoms in total. The molecule has 31 heavy (non-hydrogen) atoms. The van der Waals surface area contributed by atoms with Crippen molar-refractivity contribution >= 4 is 22.8 Å². The fourth-order valence-corrected chi connectivity index (χ4v) is 4.37. The van der Waals surface area contributed by atoms with Crippen molar-refractivity contribution in [3.63, 3.8) is 0 Å². The minimum absolute atomic E-state index is 0.0218. The predicted molar refractivity (Wildman–Crippen MR) is 111 cm³/mol. The fraction of sp³-hybridized carbons (Fsp3) is 0.292. The van der Waals surface area contributed by atoms with Crippen LogP contribution < -0.4 is 4.74 Å². The summed E-state index contributed by atoms with van der Waals surface area (Å²) in [5.41, 5.74) is 1.45. The number of esters is 1. The molecule has 1 N–H and O–H groups in total. The maximum atomic E-state index is 14.9. The molecule has 1 saturated carbocycles. The van der Waals surface area contributed by atoms with E-state index in [0.29, 0.717) is 12.8 Å². The van der Waals surface area contributed by atoms with E-state index in [1.165, 1.54) is 19.2 Å². The van der Waals surface area contributed by atoms with Crippen molar-refractivity contribution in [3.05, 3.63) is 71.2 Å². The lowest BCUT2D eigenvalue weighted by Crippen LogP contribution is -2.54. The summed E-state index contributed by atoms with van der Waals surface area (Å²) < 4.78 is 25.5. The highest BCUT2D eigenvalue weighted by Gasteiger charge is 2.58. The first-order valence-corrected chi connectivity index (χ1v) is 9.96. The molecule has 0 aliphatic heterocycles. The average molecular weight is 423 g/mol. The van der Waals surface area contributed by atoms with Gasteiger partial charge in [-0.3, -0.25) is 14.6 Å². The van der Waals surface area contributed by atoms with Gasteiger partial charge < -0.3 is 14.6 Å². The number of benzene rings is 2. The topological polar surface area (TPSA) is 85.7 Å². The van der Waals surface area contributed by atoms with E-state index in [2.05, 4.69) is 4.98 Å². The zero-order valence-electron chi connectivity index (χ0n) is 17.2. The molecule has 2 aromatic carbocycles. The average Bonchev–Trinajstić information content (AvgIpc) is 2.71. The summed E-state index contributed by atoms with van der Waals surface area (Å²) in [6, 6.07) is 13.7. The summed E-state index contributed by atoms with van der Waals surface area (Å²) >= 11 is 0. The van der Waals surface area contributed by atoms with E-state index in [1.807, 2.05) is 37.3 Å². The number of aromatic nitrogens is 1. The number of hydrogen-bond acceptors (Lipinski definition) is 5. The van der Waals surface area contributed by atoms with Crippen molar-refractivity contribution in [1.29, 1.82) is 0 Å². The van der Waals surface area contributed by atoms with Crippen LogP contribution >= 0.6 is 0 Å². The number of carboxylic acid groups (broad SMARTS) is 1. The Morgan fingerprint density at radius 2 is 2.00 bits per heavy atom. The highest BCUT2D eigenvalue weighted by Crippen LogP contribution is 2.50. The van der Waals surface area contributed by atoms with Crippen LogP contribution in [0.5, 0.6) is 5.75 Å². The van der Waals surface area contributed by atoms with Gasteiger partial charge in [0.05, 0.1) is 18.5 Å². The molecule has 160 valence electrons. The van der Waals surface area contributed by atoms with Gasteiger partial charge in [-0.15, -0.1) is 0 Å². The summed E-state index contributed by atoms with van der Waals surface area (Å²) in [6.45, 7) is 2.02. The van der Waals surface area contributed by atoms with Crippen molar-refractivity contribution in [2.24, 2.45) is 5.92 Å². The van der Waals surface area contributed by atoms with Gasteiger partial charge in [0.25, 0.3) is 0 Å². The molecule has 0 bridgehead atoms. The van der Waals surface area contributed by atoms with E-state index in [4.69, 9.17) is 9.47 Å². The van der Waals surface area contributed by atoms with Crippen molar-refractivity contribution in [2.45, 2.75) is 31.8 Å². The molecule has 1 fully saturated rings. The van der Waals surface area contributed by atoms with Gasteiger partial charge in [-0.1, -0.05) is 24.3 Å². The molecule has 0 spiro atoms. The second-order valence-corrected chi connectivity index (χ2v) is 7.77. The number of aryl methyl sites for hydroxylation is 1. The quantitative estimate of drug-likeness (QED) is 0.599. The van der Waals surface area contributed by atoms with Crippen LogP contribution in [0.4, 0.5) is 4.39 Å². The molecular weight excluding hydrogens is 401 g/mol. The molecule has 7 heteroatoms. The van der Waals surface area contributed by atoms with Crippen LogP contribution in [0.2, 0.25) is 0 Å². The van der Waals surface area contributed by atoms with Crippen molar-refractivity contribution in [1.82, 2.24) is 4.98 Å². The maximum Gasteiger partial charge on any atom is 0.317 e. The number of carbonyl (C=O) groups is 2. The lowest BCUT2D eigenvalue weighted by molar-refractivity contribution is -0.166. The molecule has 0 saturated heterocycles. The molecule has 4 rings (SSSR count). The van der Waals surface area contributed by atoms with Crippen molar-refractivity contribution < 1.29 is 28.6 Å². The number of aliphatic carboxylic acids is 1. The lowest BCUT2D eigenvalue weighted by Gasteiger charge is -2.44. The number of rotatable bonds is 6. The third kappa shape index (κ3) is 3.50. The third-order valence-corrected chi connectivity index (χ3v) is 6.03. The normalized spacial score (nSPS) is 20.2. The van der Waals surface area contributed by atoms with Gasteiger partial charge in [-0.25, -0.2) is 4.39 Å². The van der Waals surface area contributed by atoms with Crippen LogP contribution in [0.1, 0.15) is 29.7 Å². The minimum Gasteiger partial charge on any atom is -0.486 e. The van der Waals surface area contributed by atoms with E-state index in [0.717, 1.165) is 22.2 Å². The van der Waals surface area contributed by atoms with Gasteiger partial charge in [0.15, 0.2) is 11.6 Å². The Morgan fingerprint density at radius 1 is 1.23 bits per heavy atom. The molecule has 0 amide bonds. The van der Waals surface area contributed by atoms with Crippen molar-refractivity contribution in [2.75, 3.05) is 7.11 Å². The Kier molecular flexibility index (Phi) is 5.35. The second kappa shape index (κ2) is 7.98. The largest absolute Gasteiger partial charge is 0.486 e. The molecule has 1 heterocycles. The van der Waals surface area contributed by atoms with Crippen molar-refractivity contribution in [3.8, 4) is 5.75 Å². The van der Waals surface area contributed by atoms with E-state index >= 15 is 0 Å². The molecule has 1 aliphatic carbocycles. The first kappa shape index (κ1) is 20.8. The Balaban J connectivity index is 1.62. The molecule has 3 aromatic rings. The van der Waals surface area contributed by atoms with Crippen LogP contribution in [-0.2, 0) is 26.3 Å². The Labute approximate surface area is 178 Å². The highest BCUT2D eigenvalue weighted by atomic mass is 19.1. The first-order valence-electron chi connectivity index (χ1n) is 9.96. The Morgan fingerprint density at radius 3 is 2.65 bits per heavy atom. The molecule has 1 aromatic heterocycles. The van der Waals surface area contributed by atoms with Crippen LogP contribution in [-0.4, -0.2) is 29.1 Å². The summed E-state index contributed by atoms with van der Waals surface area (Å²) in [5.74, 6) is -3.35. The van der Waals surface area contributed by atoms with Crippen LogP contribution in [0, 0.1) is 18.7 Å². The summed E-state index contributed by atoms with van der Waals surface area (Å²) in [7, 11) is 1.20. The fourth-order valence-electron chi connectivity index (χ4n) is 4.37. The third-order valence-electron chi connectivity index (χ3n) is 6.03. The monoisotopic (exact) mass is 423 g/mol. The predicted octanol–water partition coefficient (Wildman–Crippen LogP) is 4.17. The summed E-state index contributed by atoms with van der Waals surface area (Å²) in [6.07, 6.45) is 0.622. The van der Waals surface area contributed by atoms with Gasteiger partial charge in [0.1, 0.15) is 12.0 Å². The van der Waals surface area contributed by atoms with Gasteiger partial charge in [0, 0.05) is 16.6 Å². The highest BCUT2D eigenvalue weighted by molar-refractivity contribution is 5.92. The Bertz CT molecular complexity index is 1180. The summed E-state index contributed by atoms with van der Waals surface area (Å²) in [5, 5.41) is 10.4. The van der Waals surface area contributed by atoms with E-state index in [1.54, 1.807) is 6.07 Å². The molecule has 0 unspecified atom stereocenters. The number of hydrogen-bond donors (Lipinski definition) is 1. The standard InChI is InChI=1S/C24H22FNO5/c1-14-11-15(17-5-3-4-6-20(17)26-14)13-31-21-8-7-16(12-19(21)25)24(23(29)30-2)10-9-18(24)22(27)28/h3-8,11-12,18H,9-10,13H2,1-2H3,(H,27,28)/t18-,24-/m1/s1. The zero-order chi connectivity index (χ0) is 22.2. The number of ether oxygens (including phenoxy) is 2. The van der Waals surface area contributed by atoms with Gasteiger partial charge in [-0.2, -0.15) is 0 Å². The number of fused-ring (bicyclic) bond motifs is 1. The van der Waals surface area contributed by atoms with E-state index < -0.39 is 29.1 Å². The smallest absolute Gasteiger partial charge is 0.317 e. The number of pyridine rings is 1. The van der Waals surface area contributed by atoms with Crippen LogP contribution in [0.25, 0.3) is 10.9 Å². The van der Waals surface area contributed by atoms with Gasteiger partial charge in [0.2, 0.25) is 0 Å². The minimum atomic E-state index is -1.38.